The summed E-state index contributed by atoms with van der Waals surface area (Å²) in [7, 11) is 0. The largest absolute Gasteiger partial charge is 0.407 e. The summed E-state index contributed by atoms with van der Waals surface area (Å²) >= 11 is 1.70. The summed E-state index contributed by atoms with van der Waals surface area (Å²) in [5, 5.41) is 10.6. The third kappa shape index (κ3) is 4.73. The van der Waals surface area contributed by atoms with E-state index in [0.717, 1.165) is 11.1 Å². The fourth-order valence-electron chi connectivity index (χ4n) is 2.56. The van der Waals surface area contributed by atoms with Gasteiger partial charge in [-0.15, -0.1) is 16.9 Å². The Morgan fingerprint density at radius 2 is 1.77 bits per heavy atom. The molecule has 0 fully saturated rings. The van der Waals surface area contributed by atoms with Gasteiger partial charge in [0.15, 0.2) is 0 Å². The number of carbonyl (C=O) groups excluding carboxylic acids is 1. The number of nitrogens with zero attached hydrogens (tertiary/aromatic N) is 2. The van der Waals surface area contributed by atoms with Crippen molar-refractivity contribution in [3.8, 4) is 0 Å². The lowest BCUT2D eigenvalue weighted by Gasteiger charge is -2.04. The first-order valence-electron chi connectivity index (χ1n) is 8.35. The molecule has 3 rings (SSSR count). The first-order valence-corrected chi connectivity index (χ1v) is 9.57. The molecule has 0 atom stereocenters. The average molecular weight is 367 g/mol. The molecule has 0 aliphatic rings. The van der Waals surface area contributed by atoms with Crippen LogP contribution in [-0.4, -0.2) is 22.4 Å². The van der Waals surface area contributed by atoms with Crippen LogP contribution >= 0.6 is 11.8 Å². The fourth-order valence-corrected chi connectivity index (χ4v) is 2.96. The first-order chi connectivity index (χ1) is 12.5. The molecule has 26 heavy (non-hydrogen) atoms. The number of aryl methyl sites for hydroxylation is 2. The van der Waals surface area contributed by atoms with Gasteiger partial charge in [-0.05, 0) is 54.5 Å². The number of hydrogen-bond donors (Lipinski definition) is 1. The molecule has 0 aliphatic heterocycles. The Balaban J connectivity index is 1.58. The van der Waals surface area contributed by atoms with Gasteiger partial charge in [0.1, 0.15) is 0 Å². The Hall–Kier alpha value is -2.60. The van der Waals surface area contributed by atoms with Gasteiger partial charge in [0.2, 0.25) is 11.8 Å². The number of aromatic nitrogens is 2. The molecular weight excluding hydrogens is 346 g/mol. The summed E-state index contributed by atoms with van der Waals surface area (Å²) in [5.41, 5.74) is 4.42. The Kier molecular flexibility index (Phi) is 5.73. The van der Waals surface area contributed by atoms with Crippen molar-refractivity contribution < 1.29 is 9.21 Å². The zero-order valence-electron chi connectivity index (χ0n) is 15.1. The van der Waals surface area contributed by atoms with Crippen molar-refractivity contribution in [3.05, 3.63) is 70.6 Å². The summed E-state index contributed by atoms with van der Waals surface area (Å²) < 4.78 is 5.54. The Bertz CT molecular complexity index is 904. The van der Waals surface area contributed by atoms with Crippen LogP contribution in [0.5, 0.6) is 0 Å². The zero-order valence-corrected chi connectivity index (χ0v) is 15.9. The van der Waals surface area contributed by atoms with E-state index in [4.69, 9.17) is 4.42 Å². The second kappa shape index (κ2) is 8.19. The zero-order chi connectivity index (χ0) is 18.5. The molecule has 0 saturated carbocycles. The third-order valence-corrected chi connectivity index (χ3v) is 4.91. The molecule has 0 radical (unpaired) electrons. The van der Waals surface area contributed by atoms with Gasteiger partial charge in [-0.1, -0.05) is 35.4 Å². The maximum atomic E-state index is 12.2. The number of thioether (sulfide) groups is 1. The van der Waals surface area contributed by atoms with Gasteiger partial charge < -0.3 is 4.42 Å². The van der Waals surface area contributed by atoms with Crippen molar-refractivity contribution in [2.45, 2.75) is 31.6 Å². The lowest BCUT2D eigenvalue weighted by atomic mass is 10.0. The summed E-state index contributed by atoms with van der Waals surface area (Å²) in [6.07, 6.45) is 2.85. The standard InChI is InChI=1S/C20H21N3O2S/c1-13-4-5-16(10-14(13)2)11-18(24)21-20-23-22-19(25-20)12-15-6-8-17(26-3)9-7-15/h4-10H,11-12H2,1-3H3,(H,21,23,24). The maximum Gasteiger partial charge on any atom is 0.322 e. The molecule has 0 spiro atoms. The number of carbonyl (C=O) groups is 1. The lowest BCUT2D eigenvalue weighted by Crippen LogP contribution is -2.14. The number of amides is 1. The highest BCUT2D eigenvalue weighted by molar-refractivity contribution is 7.98. The van der Waals surface area contributed by atoms with Crippen molar-refractivity contribution in [1.29, 1.82) is 0 Å². The quantitative estimate of drug-likeness (QED) is 0.662. The van der Waals surface area contributed by atoms with E-state index in [0.29, 0.717) is 12.3 Å². The van der Waals surface area contributed by atoms with Crippen LogP contribution in [0, 0.1) is 13.8 Å². The van der Waals surface area contributed by atoms with Crippen LogP contribution in [0.3, 0.4) is 0 Å². The SMILES string of the molecule is CSc1ccc(Cc2nnc(NC(=O)Cc3ccc(C)c(C)c3)o2)cc1. The van der Waals surface area contributed by atoms with E-state index in [2.05, 4.69) is 27.6 Å². The number of anilines is 1. The van der Waals surface area contributed by atoms with Crippen molar-refractivity contribution in [3.63, 3.8) is 0 Å². The average Bonchev–Trinajstić information content (AvgIpc) is 3.05. The molecule has 1 heterocycles. The molecule has 134 valence electrons. The van der Waals surface area contributed by atoms with Crippen LogP contribution in [0.2, 0.25) is 0 Å². The molecule has 0 saturated heterocycles. The molecule has 3 aromatic rings. The van der Waals surface area contributed by atoms with Crippen molar-refractivity contribution in [2.75, 3.05) is 11.6 Å². The smallest absolute Gasteiger partial charge is 0.322 e. The molecule has 2 aromatic carbocycles. The molecule has 0 aliphatic carbocycles. The van der Waals surface area contributed by atoms with Crippen molar-refractivity contribution in [1.82, 2.24) is 10.2 Å². The van der Waals surface area contributed by atoms with Gasteiger partial charge in [-0.2, -0.15) is 0 Å². The van der Waals surface area contributed by atoms with E-state index in [1.165, 1.54) is 16.0 Å². The molecule has 5 nitrogen and oxygen atoms in total. The van der Waals surface area contributed by atoms with Gasteiger partial charge in [-0.25, -0.2) is 0 Å². The van der Waals surface area contributed by atoms with Gasteiger partial charge in [0.25, 0.3) is 0 Å². The highest BCUT2D eigenvalue weighted by Crippen LogP contribution is 2.17. The van der Waals surface area contributed by atoms with Crippen LogP contribution in [0.25, 0.3) is 0 Å². The minimum atomic E-state index is -0.173. The van der Waals surface area contributed by atoms with Gasteiger partial charge >= 0.3 is 6.01 Å². The van der Waals surface area contributed by atoms with E-state index < -0.39 is 0 Å². The number of hydrogen-bond acceptors (Lipinski definition) is 5. The highest BCUT2D eigenvalue weighted by atomic mass is 32.2. The maximum absolute atomic E-state index is 12.2. The van der Waals surface area contributed by atoms with Crippen LogP contribution in [0.4, 0.5) is 6.01 Å². The second-order valence-electron chi connectivity index (χ2n) is 6.17. The highest BCUT2D eigenvalue weighted by Gasteiger charge is 2.11. The van der Waals surface area contributed by atoms with Crippen molar-refractivity contribution >= 4 is 23.7 Å². The third-order valence-electron chi connectivity index (χ3n) is 4.16. The summed E-state index contributed by atoms with van der Waals surface area (Å²) in [5.74, 6) is 0.302. The molecule has 0 unspecified atom stereocenters. The predicted octanol–water partition coefficient (Wildman–Crippen LogP) is 4.18. The lowest BCUT2D eigenvalue weighted by molar-refractivity contribution is -0.115. The van der Waals surface area contributed by atoms with Gasteiger partial charge in [0.05, 0.1) is 12.8 Å². The topological polar surface area (TPSA) is 68.0 Å². The molecular formula is C20H21N3O2S. The minimum Gasteiger partial charge on any atom is -0.407 e. The van der Waals surface area contributed by atoms with E-state index in [1.54, 1.807) is 11.8 Å². The summed E-state index contributed by atoms with van der Waals surface area (Å²) in [6.45, 7) is 4.08. The normalized spacial score (nSPS) is 10.7. The Morgan fingerprint density at radius 1 is 1.04 bits per heavy atom. The van der Waals surface area contributed by atoms with E-state index >= 15 is 0 Å². The van der Waals surface area contributed by atoms with E-state index in [1.807, 2.05) is 50.4 Å². The monoisotopic (exact) mass is 367 g/mol. The Morgan fingerprint density at radius 3 is 2.46 bits per heavy atom. The summed E-state index contributed by atoms with van der Waals surface area (Å²) in [4.78, 5) is 13.4. The number of rotatable bonds is 6. The van der Waals surface area contributed by atoms with Gasteiger partial charge in [0, 0.05) is 4.90 Å². The van der Waals surface area contributed by atoms with Crippen LogP contribution in [-0.2, 0) is 17.6 Å². The molecule has 1 N–H and O–H groups in total. The van der Waals surface area contributed by atoms with Crippen LogP contribution in [0.1, 0.15) is 28.1 Å². The van der Waals surface area contributed by atoms with Crippen molar-refractivity contribution in [2.24, 2.45) is 0 Å². The first kappa shape index (κ1) is 18.2. The number of benzene rings is 2. The molecule has 6 heteroatoms. The van der Waals surface area contributed by atoms with Crippen LogP contribution < -0.4 is 5.32 Å². The molecule has 0 bridgehead atoms. The van der Waals surface area contributed by atoms with Gasteiger partial charge in [-0.3, -0.25) is 10.1 Å². The summed E-state index contributed by atoms with van der Waals surface area (Å²) in [6, 6.07) is 14.3. The fraction of sp³-hybridized carbons (Fsp3) is 0.250. The molecule has 1 aromatic heterocycles. The van der Waals surface area contributed by atoms with Crippen LogP contribution in [0.15, 0.2) is 51.8 Å². The molecule has 1 amide bonds. The Labute approximate surface area is 157 Å². The predicted molar refractivity (Wildman–Crippen MR) is 104 cm³/mol. The number of nitrogens with one attached hydrogen (secondary N) is 1. The second-order valence-corrected chi connectivity index (χ2v) is 7.05. The minimum absolute atomic E-state index is 0.134. The van der Waals surface area contributed by atoms with E-state index in [-0.39, 0.29) is 18.3 Å². The van der Waals surface area contributed by atoms with E-state index in [9.17, 15) is 4.79 Å².